The first-order chi connectivity index (χ1) is 18.1. The minimum absolute atomic E-state index is 0.427. The first-order valence-corrected chi connectivity index (χ1v) is 12.3. The number of aryl methyl sites for hydroxylation is 3. The Morgan fingerprint density at radius 2 is 1.84 bits per heavy atom. The minimum atomic E-state index is 0.427. The van der Waals surface area contributed by atoms with Crippen LogP contribution in [0.4, 0.5) is 11.6 Å². The zero-order chi connectivity index (χ0) is 25.4. The van der Waals surface area contributed by atoms with E-state index in [4.69, 9.17) is 10.7 Å². The topological polar surface area (TPSA) is 112 Å². The lowest BCUT2D eigenvalue weighted by Gasteiger charge is -2.08. The molecule has 0 radical (unpaired) electrons. The Balaban J connectivity index is 1.30. The van der Waals surface area contributed by atoms with E-state index in [9.17, 15) is 0 Å². The molecule has 6 rings (SSSR count). The summed E-state index contributed by atoms with van der Waals surface area (Å²) in [7, 11) is 1.89. The van der Waals surface area contributed by atoms with Crippen LogP contribution in [0.3, 0.4) is 0 Å². The molecule has 0 unspecified atom stereocenters. The second-order valence-corrected chi connectivity index (χ2v) is 9.05. The number of benzene rings is 1. The third kappa shape index (κ3) is 4.35. The standard InChI is InChI=1S/C28H27N9/c1-3-31-25-9-8-20-7-6-18(13-24(20)34-25)4-5-19-12-21(15-30-14-19)37-16-22(23-10-11-36(2)35-23)26-27(29)32-17-33-28(26)37/h6-17H,3-5H2,1-2H3,(H,31,34)(H2,29,32,33). The summed E-state index contributed by atoms with van der Waals surface area (Å²) in [4.78, 5) is 18.0. The van der Waals surface area contributed by atoms with Crippen LogP contribution in [0.2, 0.25) is 0 Å². The lowest BCUT2D eigenvalue weighted by atomic mass is 10.0. The van der Waals surface area contributed by atoms with Crippen LogP contribution < -0.4 is 11.1 Å². The number of nitrogens with one attached hydrogen (secondary N) is 1. The summed E-state index contributed by atoms with van der Waals surface area (Å²) in [5.41, 5.74) is 13.0. The number of hydrogen-bond acceptors (Lipinski definition) is 7. The molecule has 0 spiro atoms. The number of fused-ring (bicyclic) bond motifs is 2. The Morgan fingerprint density at radius 1 is 0.973 bits per heavy atom. The van der Waals surface area contributed by atoms with Gasteiger partial charge in [-0.25, -0.2) is 15.0 Å². The molecule has 0 bridgehead atoms. The fraction of sp³-hybridized carbons (Fsp3) is 0.179. The van der Waals surface area contributed by atoms with Crippen molar-refractivity contribution in [2.75, 3.05) is 17.6 Å². The van der Waals surface area contributed by atoms with Crippen LogP contribution in [-0.4, -0.2) is 40.8 Å². The molecule has 37 heavy (non-hydrogen) atoms. The number of anilines is 2. The Morgan fingerprint density at radius 3 is 2.68 bits per heavy atom. The largest absolute Gasteiger partial charge is 0.383 e. The van der Waals surface area contributed by atoms with Gasteiger partial charge in [-0.1, -0.05) is 12.1 Å². The third-order valence-electron chi connectivity index (χ3n) is 6.48. The number of rotatable bonds is 7. The smallest absolute Gasteiger partial charge is 0.150 e. The van der Waals surface area contributed by atoms with E-state index in [1.807, 2.05) is 48.5 Å². The summed E-state index contributed by atoms with van der Waals surface area (Å²) in [6.07, 6.45) is 10.9. The van der Waals surface area contributed by atoms with Gasteiger partial charge in [0, 0.05) is 43.1 Å². The third-order valence-corrected chi connectivity index (χ3v) is 6.48. The molecule has 9 heteroatoms. The Labute approximate surface area is 214 Å². The van der Waals surface area contributed by atoms with Crippen molar-refractivity contribution in [2.45, 2.75) is 19.8 Å². The quantitative estimate of drug-likeness (QED) is 0.338. The molecular formula is C28H27N9. The number of nitrogens with two attached hydrogens (primary N) is 1. The van der Waals surface area contributed by atoms with E-state index in [0.29, 0.717) is 5.82 Å². The van der Waals surface area contributed by atoms with E-state index in [1.165, 1.54) is 11.9 Å². The average Bonchev–Trinajstić information content (AvgIpc) is 3.52. The highest BCUT2D eigenvalue weighted by atomic mass is 15.2. The van der Waals surface area contributed by atoms with Gasteiger partial charge in [-0.3, -0.25) is 14.2 Å². The number of nitrogens with zero attached hydrogens (tertiary/aromatic N) is 7. The van der Waals surface area contributed by atoms with Crippen molar-refractivity contribution in [3.63, 3.8) is 0 Å². The van der Waals surface area contributed by atoms with Gasteiger partial charge < -0.3 is 11.1 Å². The summed E-state index contributed by atoms with van der Waals surface area (Å²) in [5.74, 6) is 1.33. The monoisotopic (exact) mass is 489 g/mol. The van der Waals surface area contributed by atoms with Crippen molar-refractivity contribution in [1.82, 2.24) is 34.3 Å². The predicted octanol–water partition coefficient (Wildman–Crippen LogP) is 4.56. The Kier molecular flexibility index (Phi) is 5.72. The molecule has 5 heterocycles. The molecule has 1 aromatic carbocycles. The highest BCUT2D eigenvalue weighted by molar-refractivity contribution is 6.00. The fourth-order valence-electron chi connectivity index (χ4n) is 4.66. The van der Waals surface area contributed by atoms with Crippen LogP contribution in [0.5, 0.6) is 0 Å². The molecule has 0 aliphatic rings. The summed E-state index contributed by atoms with van der Waals surface area (Å²) < 4.78 is 3.78. The fourth-order valence-corrected chi connectivity index (χ4v) is 4.66. The van der Waals surface area contributed by atoms with Gasteiger partial charge in [0.15, 0.2) is 5.65 Å². The van der Waals surface area contributed by atoms with Gasteiger partial charge in [0.2, 0.25) is 0 Å². The zero-order valence-electron chi connectivity index (χ0n) is 20.8. The SMILES string of the molecule is CCNc1ccc2ccc(CCc3cncc(-n4cc(-c5ccn(C)n5)c5c(N)ncnc54)c3)cc2n1. The molecule has 9 nitrogen and oxygen atoms in total. The average molecular weight is 490 g/mol. The molecular weight excluding hydrogens is 462 g/mol. The van der Waals surface area contributed by atoms with Crippen LogP contribution in [0.1, 0.15) is 18.1 Å². The zero-order valence-corrected chi connectivity index (χ0v) is 20.8. The summed E-state index contributed by atoms with van der Waals surface area (Å²) >= 11 is 0. The molecule has 0 atom stereocenters. The van der Waals surface area contributed by atoms with Crippen molar-refractivity contribution < 1.29 is 0 Å². The first kappa shape index (κ1) is 22.7. The lowest BCUT2D eigenvalue weighted by molar-refractivity contribution is 0.771. The molecule has 0 saturated heterocycles. The van der Waals surface area contributed by atoms with E-state index in [0.717, 1.165) is 69.6 Å². The van der Waals surface area contributed by atoms with Gasteiger partial charge in [0.05, 0.1) is 28.5 Å². The Hall–Kier alpha value is -4.79. The molecule has 0 aliphatic heterocycles. The Bertz CT molecular complexity index is 1730. The number of aromatic nitrogens is 7. The van der Waals surface area contributed by atoms with Crippen LogP contribution in [-0.2, 0) is 19.9 Å². The summed E-state index contributed by atoms with van der Waals surface area (Å²) in [6, 6.07) is 14.7. The maximum atomic E-state index is 6.28. The number of nitrogen functional groups attached to an aromatic ring is 1. The molecule has 5 aromatic heterocycles. The second kappa shape index (κ2) is 9.34. The molecule has 6 aromatic rings. The van der Waals surface area contributed by atoms with Crippen LogP contribution >= 0.6 is 0 Å². The molecule has 3 N–H and O–H groups in total. The van der Waals surface area contributed by atoms with Crippen LogP contribution in [0.15, 0.2) is 73.6 Å². The molecule has 184 valence electrons. The predicted molar refractivity (Wildman–Crippen MR) is 147 cm³/mol. The van der Waals surface area contributed by atoms with Gasteiger partial charge >= 0.3 is 0 Å². The molecule has 0 fully saturated rings. The summed E-state index contributed by atoms with van der Waals surface area (Å²) in [6.45, 7) is 2.92. The van der Waals surface area contributed by atoms with Gasteiger partial charge in [-0.05, 0) is 61.2 Å². The van der Waals surface area contributed by atoms with E-state index in [-0.39, 0.29) is 0 Å². The number of hydrogen-bond donors (Lipinski definition) is 2. The van der Waals surface area contributed by atoms with Crippen molar-refractivity contribution in [3.05, 3.63) is 84.7 Å². The maximum Gasteiger partial charge on any atom is 0.150 e. The molecule has 0 amide bonds. The van der Waals surface area contributed by atoms with Crippen LogP contribution in [0.25, 0.3) is 38.9 Å². The molecule has 0 saturated carbocycles. The maximum absolute atomic E-state index is 6.28. The van der Waals surface area contributed by atoms with E-state index >= 15 is 0 Å². The van der Waals surface area contributed by atoms with E-state index in [1.54, 1.807) is 4.68 Å². The van der Waals surface area contributed by atoms with Crippen molar-refractivity contribution >= 4 is 33.6 Å². The highest BCUT2D eigenvalue weighted by Gasteiger charge is 2.18. The lowest BCUT2D eigenvalue weighted by Crippen LogP contribution is -2.00. The van der Waals surface area contributed by atoms with Gasteiger partial charge in [0.1, 0.15) is 18.0 Å². The van der Waals surface area contributed by atoms with Crippen molar-refractivity contribution in [3.8, 4) is 16.9 Å². The van der Waals surface area contributed by atoms with E-state index < -0.39 is 0 Å². The normalized spacial score (nSPS) is 11.4. The van der Waals surface area contributed by atoms with Gasteiger partial charge in [-0.15, -0.1) is 0 Å². The van der Waals surface area contributed by atoms with Crippen molar-refractivity contribution in [1.29, 1.82) is 0 Å². The molecule has 0 aliphatic carbocycles. The second-order valence-electron chi connectivity index (χ2n) is 9.05. The highest BCUT2D eigenvalue weighted by Crippen LogP contribution is 2.33. The van der Waals surface area contributed by atoms with Gasteiger partial charge in [-0.2, -0.15) is 5.10 Å². The van der Waals surface area contributed by atoms with E-state index in [2.05, 4.69) is 62.6 Å². The van der Waals surface area contributed by atoms with Crippen molar-refractivity contribution in [2.24, 2.45) is 7.05 Å². The number of pyridine rings is 2. The van der Waals surface area contributed by atoms with Gasteiger partial charge in [0.25, 0.3) is 0 Å². The van der Waals surface area contributed by atoms with Crippen LogP contribution in [0, 0.1) is 0 Å². The first-order valence-electron chi connectivity index (χ1n) is 12.3. The minimum Gasteiger partial charge on any atom is -0.383 e. The summed E-state index contributed by atoms with van der Waals surface area (Å²) in [5, 5.41) is 9.77.